The first-order valence-electron chi connectivity index (χ1n) is 19.6. The van der Waals surface area contributed by atoms with Crippen molar-refractivity contribution in [2.24, 2.45) is 5.92 Å². The van der Waals surface area contributed by atoms with Gasteiger partial charge in [0.2, 0.25) is 23.6 Å². The highest BCUT2D eigenvalue weighted by atomic mass is 32.2. The second-order valence-electron chi connectivity index (χ2n) is 15.0. The molecule has 6 N–H and O–H groups in total. The summed E-state index contributed by atoms with van der Waals surface area (Å²) in [5.74, 6) is -2.78. The zero-order valence-electron chi connectivity index (χ0n) is 32.9. The van der Waals surface area contributed by atoms with Crippen LogP contribution in [0.5, 0.6) is 0 Å². The number of hydrogen-bond acceptors (Lipinski definition) is 10. The fraction of sp³-hybridized carbons (Fsp3) is 0.488. The summed E-state index contributed by atoms with van der Waals surface area (Å²) in [6, 6.07) is 9.85. The molecule has 3 aromatic rings. The van der Waals surface area contributed by atoms with E-state index >= 15 is 0 Å². The number of fused-ring (bicyclic) bond motifs is 2. The molecule has 5 rings (SSSR count). The molecule has 57 heavy (non-hydrogen) atoms. The number of aryl methyl sites for hydroxylation is 1. The largest absolute Gasteiger partial charge is 0.423 e. The van der Waals surface area contributed by atoms with Crippen LogP contribution in [0.3, 0.4) is 0 Å². The summed E-state index contributed by atoms with van der Waals surface area (Å²) in [5.41, 5.74) is 1.39. The van der Waals surface area contributed by atoms with E-state index in [4.69, 9.17) is 4.42 Å². The third kappa shape index (κ3) is 11.9. The quantitative estimate of drug-likeness (QED) is 0.0949. The average molecular weight is 804 g/mol. The molecule has 2 fully saturated rings. The Morgan fingerprint density at radius 2 is 1.72 bits per heavy atom. The number of nitrogens with zero attached hydrogens (tertiary/aromatic N) is 1. The molecule has 1 aromatic heterocycles. The number of urea groups is 1. The lowest BCUT2D eigenvalue weighted by Gasteiger charge is -2.37. The second kappa shape index (κ2) is 20.3. The number of benzene rings is 2. The average Bonchev–Trinajstić information content (AvgIpc) is 3.64. The number of thioether (sulfide) groups is 1. The van der Waals surface area contributed by atoms with Gasteiger partial charge in [0.15, 0.2) is 0 Å². The van der Waals surface area contributed by atoms with Crippen LogP contribution in [-0.2, 0) is 30.4 Å². The number of imide groups is 1. The Hall–Kier alpha value is -5.22. The minimum absolute atomic E-state index is 0.0380. The van der Waals surface area contributed by atoms with Crippen molar-refractivity contribution in [3.05, 3.63) is 76.1 Å². The van der Waals surface area contributed by atoms with Crippen molar-refractivity contribution < 1.29 is 33.2 Å². The molecule has 306 valence electrons. The molecule has 2 saturated heterocycles. The van der Waals surface area contributed by atoms with E-state index in [1.54, 1.807) is 35.2 Å². The van der Waals surface area contributed by atoms with Crippen molar-refractivity contribution >= 4 is 58.3 Å². The smallest absolute Gasteiger partial charge is 0.336 e. The fourth-order valence-corrected chi connectivity index (χ4v) is 8.22. The van der Waals surface area contributed by atoms with E-state index in [2.05, 4.69) is 31.9 Å². The number of amides is 7. The molecule has 1 unspecified atom stereocenters. The predicted octanol–water partition coefficient (Wildman–Crippen LogP) is 2.53. The van der Waals surface area contributed by atoms with Crippen molar-refractivity contribution in [3.8, 4) is 0 Å². The maximum absolute atomic E-state index is 14.5. The van der Waals surface area contributed by atoms with Crippen LogP contribution in [0.2, 0.25) is 0 Å². The SMILES string of the molecule is CCCCNC(=O)C1[C@H](CSc2ccc3c(C)cc(=O)oc3c2)NC(=O)[C@H](Cc2ccccc2)NC(=O)NC(=O)[C@H](CC(C)C)NC(=O)CNC(=O)[C@@H]2CCCN12. The lowest BCUT2D eigenvalue weighted by Crippen LogP contribution is -2.64. The minimum Gasteiger partial charge on any atom is -0.423 e. The predicted molar refractivity (Wildman–Crippen MR) is 216 cm³/mol. The number of rotatable bonds is 11. The minimum atomic E-state index is -1.21. The van der Waals surface area contributed by atoms with Crippen molar-refractivity contribution in [1.29, 1.82) is 0 Å². The van der Waals surface area contributed by atoms with Crippen LogP contribution in [0.25, 0.3) is 11.0 Å². The number of unbranched alkanes of at least 4 members (excludes halogenated alkanes) is 1. The number of carbonyl (C=O) groups excluding carboxylic acids is 6. The standard InChI is InChI=1S/C41H53N7O8S/c1-5-6-16-42-40(54)36-31(23-57-27-14-15-28-25(4)19-35(50)56-33(28)21-27)45-37(51)30(20-26-11-8-7-9-12-26)46-41(55)47-38(52)29(18-24(2)3)44-34(49)22-43-39(53)32-13-10-17-48(32)36/h7-9,11-12,14-15,19,21,24,29-32,36H,5-6,10,13,16-18,20,22-23H2,1-4H3,(H,42,54)(H,43,53)(H,44,49)(H,45,51)(H2,46,47,52,55)/t29-,30-,31-,32-,36?/m0/s1. The Bertz CT molecular complexity index is 1990. The summed E-state index contributed by atoms with van der Waals surface area (Å²) in [6.07, 6.45) is 2.76. The third-order valence-electron chi connectivity index (χ3n) is 10.0. The lowest BCUT2D eigenvalue weighted by molar-refractivity contribution is -0.134. The van der Waals surface area contributed by atoms with E-state index in [0.717, 1.165) is 22.9 Å². The molecular formula is C41H53N7O8S. The molecule has 16 heteroatoms. The van der Waals surface area contributed by atoms with E-state index in [-0.39, 0.29) is 24.5 Å². The molecule has 2 aliphatic rings. The van der Waals surface area contributed by atoms with Gasteiger partial charge in [-0.2, -0.15) is 0 Å². The summed E-state index contributed by atoms with van der Waals surface area (Å²) in [5, 5.41) is 17.1. The summed E-state index contributed by atoms with van der Waals surface area (Å²) < 4.78 is 5.48. The summed E-state index contributed by atoms with van der Waals surface area (Å²) in [6.45, 7) is 7.83. The summed E-state index contributed by atoms with van der Waals surface area (Å²) in [7, 11) is 0. The number of carbonyl (C=O) groups is 6. The molecule has 0 spiro atoms. The number of nitrogens with one attached hydrogen (secondary N) is 6. The van der Waals surface area contributed by atoms with Gasteiger partial charge in [0.1, 0.15) is 23.7 Å². The Morgan fingerprint density at radius 1 is 0.947 bits per heavy atom. The first-order chi connectivity index (χ1) is 27.3. The van der Waals surface area contributed by atoms with Crippen LogP contribution in [-0.4, -0.2) is 96.1 Å². The Labute approximate surface area is 336 Å². The van der Waals surface area contributed by atoms with Crippen molar-refractivity contribution in [3.63, 3.8) is 0 Å². The normalized spacial score (nSPS) is 22.8. The Morgan fingerprint density at radius 3 is 2.46 bits per heavy atom. The highest BCUT2D eigenvalue weighted by Crippen LogP contribution is 2.29. The molecule has 0 aliphatic carbocycles. The highest BCUT2D eigenvalue weighted by molar-refractivity contribution is 7.99. The molecule has 0 bridgehead atoms. The van der Waals surface area contributed by atoms with E-state index in [1.807, 2.05) is 45.9 Å². The molecule has 2 aliphatic heterocycles. The topological polar surface area (TPSA) is 208 Å². The van der Waals surface area contributed by atoms with E-state index in [9.17, 15) is 33.6 Å². The molecule has 0 saturated carbocycles. The van der Waals surface area contributed by atoms with Crippen molar-refractivity contribution in [2.75, 3.05) is 25.4 Å². The highest BCUT2D eigenvalue weighted by Gasteiger charge is 2.44. The van der Waals surface area contributed by atoms with E-state index < -0.39 is 77.9 Å². The maximum atomic E-state index is 14.5. The molecule has 15 nitrogen and oxygen atoms in total. The van der Waals surface area contributed by atoms with Gasteiger partial charge in [0, 0.05) is 35.1 Å². The van der Waals surface area contributed by atoms with Gasteiger partial charge in [-0.15, -0.1) is 11.8 Å². The van der Waals surface area contributed by atoms with Gasteiger partial charge < -0.3 is 31.0 Å². The van der Waals surface area contributed by atoms with Crippen LogP contribution in [0.1, 0.15) is 64.0 Å². The lowest BCUT2D eigenvalue weighted by atomic mass is 10.0. The monoisotopic (exact) mass is 803 g/mol. The molecule has 7 amide bonds. The molecule has 0 radical (unpaired) electrons. The van der Waals surface area contributed by atoms with Gasteiger partial charge in [-0.25, -0.2) is 9.59 Å². The zero-order valence-corrected chi connectivity index (χ0v) is 33.7. The first-order valence-corrected chi connectivity index (χ1v) is 20.5. The van der Waals surface area contributed by atoms with Gasteiger partial charge in [-0.1, -0.05) is 57.5 Å². The maximum Gasteiger partial charge on any atom is 0.336 e. The first kappa shape index (κ1) is 42.9. The zero-order chi connectivity index (χ0) is 41.1. The van der Waals surface area contributed by atoms with E-state index in [0.29, 0.717) is 42.8 Å². The summed E-state index contributed by atoms with van der Waals surface area (Å²) in [4.78, 5) is 97.4. The number of hydrogen-bond donors (Lipinski definition) is 6. The molecule has 2 aromatic carbocycles. The van der Waals surface area contributed by atoms with Crippen LogP contribution in [0.15, 0.2) is 68.7 Å². The second-order valence-corrected chi connectivity index (χ2v) is 16.1. The van der Waals surface area contributed by atoms with Gasteiger partial charge in [0.05, 0.1) is 18.6 Å². The van der Waals surface area contributed by atoms with Gasteiger partial charge in [-0.3, -0.25) is 34.2 Å². The van der Waals surface area contributed by atoms with Gasteiger partial charge in [-0.05, 0) is 74.4 Å². The fourth-order valence-electron chi connectivity index (χ4n) is 7.22. The molecular weight excluding hydrogens is 751 g/mol. The Balaban J connectivity index is 1.56. The van der Waals surface area contributed by atoms with E-state index in [1.165, 1.54) is 17.8 Å². The molecule has 3 heterocycles. The van der Waals surface area contributed by atoms with Gasteiger partial charge in [0.25, 0.3) is 5.91 Å². The van der Waals surface area contributed by atoms with Crippen LogP contribution in [0.4, 0.5) is 4.79 Å². The third-order valence-corrected chi connectivity index (χ3v) is 11.1. The van der Waals surface area contributed by atoms with Crippen molar-refractivity contribution in [1.82, 2.24) is 36.8 Å². The summed E-state index contributed by atoms with van der Waals surface area (Å²) >= 11 is 1.32. The van der Waals surface area contributed by atoms with Gasteiger partial charge >= 0.3 is 11.7 Å². The van der Waals surface area contributed by atoms with Crippen LogP contribution >= 0.6 is 11.8 Å². The van der Waals surface area contributed by atoms with Crippen LogP contribution < -0.4 is 37.5 Å². The van der Waals surface area contributed by atoms with Crippen LogP contribution in [0, 0.1) is 12.8 Å². The molecule has 5 atom stereocenters. The van der Waals surface area contributed by atoms with Crippen molar-refractivity contribution in [2.45, 2.75) is 101 Å². The Kier molecular flexibility index (Phi) is 15.3.